The lowest BCUT2D eigenvalue weighted by molar-refractivity contribution is 0.103. The predicted octanol–water partition coefficient (Wildman–Crippen LogP) is 3.28. The Morgan fingerprint density at radius 3 is 2.21 bits per heavy atom. The number of fused-ring (bicyclic) bond motifs is 2. The molecule has 0 saturated heterocycles. The van der Waals surface area contributed by atoms with Crippen molar-refractivity contribution in [1.82, 2.24) is 0 Å². The molecule has 2 aromatic rings. The van der Waals surface area contributed by atoms with E-state index < -0.39 is 5.41 Å². The average molecular weight is 254 g/mol. The molecule has 0 saturated carbocycles. The lowest BCUT2D eigenvalue weighted by Gasteiger charge is -2.29. The molecule has 0 heterocycles. The number of phenolic OH excluding ortho intramolecular Hbond substituents is 2. The molecule has 0 fully saturated rings. The summed E-state index contributed by atoms with van der Waals surface area (Å²) in [4.78, 5) is 12.0. The second-order valence-corrected chi connectivity index (χ2v) is 5.41. The zero-order valence-electron chi connectivity index (χ0n) is 10.8. The standard InChI is InChI=1S/C16H14O3/c1-16(2)8-7-11(17)12-13(16)15(19)10-6-4-3-5-9(10)14(12)18/h3-8,18-19H,1-2H3. The molecular formula is C16H14O3. The van der Waals surface area contributed by atoms with Crippen LogP contribution in [0.15, 0.2) is 36.4 Å². The normalized spacial score (nSPS) is 16.6. The van der Waals surface area contributed by atoms with Crippen LogP contribution < -0.4 is 0 Å². The minimum Gasteiger partial charge on any atom is -0.507 e. The van der Waals surface area contributed by atoms with Gasteiger partial charge in [-0.15, -0.1) is 0 Å². The van der Waals surface area contributed by atoms with Crippen LogP contribution in [0.5, 0.6) is 11.5 Å². The number of carbonyl (C=O) groups is 1. The van der Waals surface area contributed by atoms with Crippen molar-refractivity contribution in [1.29, 1.82) is 0 Å². The fourth-order valence-corrected chi connectivity index (χ4v) is 2.72. The van der Waals surface area contributed by atoms with Crippen LogP contribution >= 0.6 is 0 Å². The zero-order valence-corrected chi connectivity index (χ0v) is 10.8. The highest BCUT2D eigenvalue weighted by atomic mass is 16.3. The summed E-state index contributed by atoms with van der Waals surface area (Å²) in [6.45, 7) is 3.81. The molecule has 1 aliphatic rings. The van der Waals surface area contributed by atoms with Crippen molar-refractivity contribution < 1.29 is 15.0 Å². The van der Waals surface area contributed by atoms with Crippen molar-refractivity contribution in [2.45, 2.75) is 19.3 Å². The SMILES string of the molecule is CC1(C)C=CC(=O)c2c1c(O)c1ccccc1c2O. The first-order valence-corrected chi connectivity index (χ1v) is 6.14. The van der Waals surface area contributed by atoms with Gasteiger partial charge in [0.2, 0.25) is 0 Å². The summed E-state index contributed by atoms with van der Waals surface area (Å²) in [6, 6.07) is 7.00. The molecule has 0 unspecified atom stereocenters. The van der Waals surface area contributed by atoms with E-state index in [1.54, 1.807) is 30.3 Å². The molecule has 19 heavy (non-hydrogen) atoms. The smallest absolute Gasteiger partial charge is 0.189 e. The summed E-state index contributed by atoms with van der Waals surface area (Å²) in [6.07, 6.45) is 3.21. The average Bonchev–Trinajstić information content (AvgIpc) is 2.39. The maximum atomic E-state index is 12.0. The lowest BCUT2D eigenvalue weighted by Crippen LogP contribution is -2.23. The van der Waals surface area contributed by atoms with Crippen LogP contribution in [0.25, 0.3) is 10.8 Å². The molecule has 1 aliphatic carbocycles. The predicted molar refractivity (Wildman–Crippen MR) is 73.8 cm³/mol. The van der Waals surface area contributed by atoms with Gasteiger partial charge in [-0.05, 0) is 6.08 Å². The van der Waals surface area contributed by atoms with Crippen LogP contribution in [-0.4, -0.2) is 16.0 Å². The van der Waals surface area contributed by atoms with Crippen molar-refractivity contribution in [3.8, 4) is 11.5 Å². The van der Waals surface area contributed by atoms with E-state index in [0.29, 0.717) is 16.3 Å². The van der Waals surface area contributed by atoms with Crippen LogP contribution in [0, 0.1) is 0 Å². The first-order chi connectivity index (χ1) is 8.93. The Morgan fingerprint density at radius 1 is 1.00 bits per heavy atom. The van der Waals surface area contributed by atoms with Gasteiger partial charge in [-0.3, -0.25) is 4.79 Å². The highest BCUT2D eigenvalue weighted by Crippen LogP contribution is 2.47. The van der Waals surface area contributed by atoms with Crippen LogP contribution in [0.4, 0.5) is 0 Å². The van der Waals surface area contributed by atoms with E-state index >= 15 is 0 Å². The number of phenols is 2. The molecule has 0 spiro atoms. The van der Waals surface area contributed by atoms with Gasteiger partial charge in [0.1, 0.15) is 11.5 Å². The highest BCUT2D eigenvalue weighted by Gasteiger charge is 2.34. The van der Waals surface area contributed by atoms with E-state index in [1.165, 1.54) is 6.08 Å². The van der Waals surface area contributed by atoms with Gasteiger partial charge in [0.25, 0.3) is 0 Å². The number of ketones is 1. The summed E-state index contributed by atoms with van der Waals surface area (Å²) < 4.78 is 0. The summed E-state index contributed by atoms with van der Waals surface area (Å²) >= 11 is 0. The van der Waals surface area contributed by atoms with Gasteiger partial charge >= 0.3 is 0 Å². The summed E-state index contributed by atoms with van der Waals surface area (Å²) in [5.74, 6) is -0.246. The fraction of sp³-hybridized carbons (Fsp3) is 0.188. The third kappa shape index (κ3) is 1.48. The monoisotopic (exact) mass is 254 g/mol. The first kappa shape index (κ1) is 11.8. The molecule has 0 aromatic heterocycles. The highest BCUT2D eigenvalue weighted by molar-refractivity contribution is 6.14. The van der Waals surface area contributed by atoms with Crippen molar-refractivity contribution in [2.24, 2.45) is 0 Å². The van der Waals surface area contributed by atoms with Gasteiger partial charge in [0.15, 0.2) is 5.78 Å². The van der Waals surface area contributed by atoms with Crippen molar-refractivity contribution in [3.05, 3.63) is 47.5 Å². The maximum absolute atomic E-state index is 12.0. The summed E-state index contributed by atoms with van der Waals surface area (Å²) in [7, 11) is 0. The number of hydrogen-bond acceptors (Lipinski definition) is 3. The van der Waals surface area contributed by atoms with Gasteiger partial charge in [-0.2, -0.15) is 0 Å². The molecule has 0 atom stereocenters. The van der Waals surface area contributed by atoms with Gasteiger partial charge in [-0.1, -0.05) is 44.2 Å². The molecule has 0 radical (unpaired) electrons. The van der Waals surface area contributed by atoms with E-state index in [4.69, 9.17) is 0 Å². The third-order valence-corrected chi connectivity index (χ3v) is 3.70. The first-order valence-electron chi connectivity index (χ1n) is 6.14. The molecule has 2 aromatic carbocycles. The van der Waals surface area contributed by atoms with Crippen molar-refractivity contribution in [2.75, 3.05) is 0 Å². The number of carbonyl (C=O) groups excluding carboxylic acids is 1. The number of benzene rings is 2. The Kier molecular flexibility index (Phi) is 2.23. The summed E-state index contributed by atoms with van der Waals surface area (Å²) in [5, 5.41) is 21.9. The Morgan fingerprint density at radius 2 is 1.58 bits per heavy atom. The van der Waals surface area contributed by atoms with E-state index in [0.717, 1.165) is 0 Å². The maximum Gasteiger partial charge on any atom is 0.189 e. The van der Waals surface area contributed by atoms with E-state index in [-0.39, 0.29) is 22.8 Å². The molecule has 3 rings (SSSR count). The van der Waals surface area contributed by atoms with Crippen LogP contribution in [0.1, 0.15) is 29.8 Å². The quantitative estimate of drug-likeness (QED) is 0.709. The molecule has 0 bridgehead atoms. The number of aromatic hydroxyl groups is 2. The Balaban J connectivity index is 2.56. The Hall–Kier alpha value is -2.29. The molecule has 2 N–H and O–H groups in total. The second-order valence-electron chi connectivity index (χ2n) is 5.41. The lowest BCUT2D eigenvalue weighted by atomic mass is 9.75. The van der Waals surface area contributed by atoms with Crippen molar-refractivity contribution >= 4 is 16.6 Å². The fourth-order valence-electron chi connectivity index (χ4n) is 2.72. The minimum atomic E-state index is -0.491. The Labute approximate surface area is 110 Å². The van der Waals surface area contributed by atoms with Gasteiger partial charge in [0, 0.05) is 21.8 Å². The molecule has 0 aliphatic heterocycles. The van der Waals surface area contributed by atoms with E-state index in [9.17, 15) is 15.0 Å². The van der Waals surface area contributed by atoms with E-state index in [2.05, 4.69) is 0 Å². The molecule has 3 nitrogen and oxygen atoms in total. The molecule has 0 amide bonds. The molecule has 96 valence electrons. The van der Waals surface area contributed by atoms with Gasteiger partial charge in [0.05, 0.1) is 5.56 Å². The largest absolute Gasteiger partial charge is 0.507 e. The number of allylic oxidation sites excluding steroid dienone is 2. The number of rotatable bonds is 0. The van der Waals surface area contributed by atoms with Crippen molar-refractivity contribution in [3.63, 3.8) is 0 Å². The molecule has 3 heteroatoms. The second kappa shape index (κ2) is 3.60. The molecular weight excluding hydrogens is 240 g/mol. The van der Waals surface area contributed by atoms with Gasteiger partial charge < -0.3 is 10.2 Å². The third-order valence-electron chi connectivity index (χ3n) is 3.70. The minimum absolute atomic E-state index is 0.0502. The van der Waals surface area contributed by atoms with Crippen LogP contribution in [-0.2, 0) is 5.41 Å². The number of hydrogen-bond donors (Lipinski definition) is 2. The zero-order chi connectivity index (χ0) is 13.8. The van der Waals surface area contributed by atoms with E-state index in [1.807, 2.05) is 13.8 Å². The Bertz CT molecular complexity index is 739. The summed E-state index contributed by atoms with van der Waals surface area (Å²) in [5.41, 5.74) is 0.217. The van der Waals surface area contributed by atoms with Crippen LogP contribution in [0.2, 0.25) is 0 Å². The van der Waals surface area contributed by atoms with Gasteiger partial charge in [-0.25, -0.2) is 0 Å². The van der Waals surface area contributed by atoms with Crippen LogP contribution in [0.3, 0.4) is 0 Å². The topological polar surface area (TPSA) is 57.5 Å².